The lowest BCUT2D eigenvalue weighted by molar-refractivity contribution is -0.0667. The van der Waals surface area contributed by atoms with Gasteiger partial charge in [-0.2, -0.15) is 0 Å². The minimum absolute atomic E-state index is 0.0849. The standard InChI is InChI=1S/C9H18INO/c1-9(12-11-10)7-5-3-2-4-6-8-9/h11H,2-8H2,1H3. The molecule has 2 nitrogen and oxygen atoms in total. The SMILES string of the molecule is CC1(ONI)CCCCCCC1. The molecule has 0 unspecified atom stereocenters. The molecule has 0 spiro atoms. The summed E-state index contributed by atoms with van der Waals surface area (Å²) in [5.41, 5.74) is 0.0849. The van der Waals surface area contributed by atoms with E-state index in [1.807, 2.05) is 22.9 Å². The van der Waals surface area contributed by atoms with Crippen molar-refractivity contribution in [3.8, 4) is 0 Å². The van der Waals surface area contributed by atoms with Gasteiger partial charge in [-0.25, -0.2) is 0 Å². The first-order valence-electron chi connectivity index (χ1n) is 4.80. The Morgan fingerprint density at radius 3 is 2.08 bits per heavy atom. The van der Waals surface area contributed by atoms with Crippen molar-refractivity contribution in [2.24, 2.45) is 0 Å². The smallest absolute Gasteiger partial charge is 0.0878 e. The summed E-state index contributed by atoms with van der Waals surface area (Å²) in [6.07, 6.45) is 9.18. The Hall–Kier alpha value is 0.650. The van der Waals surface area contributed by atoms with Crippen LogP contribution in [-0.4, -0.2) is 5.60 Å². The van der Waals surface area contributed by atoms with Crippen LogP contribution in [0, 0.1) is 0 Å². The normalized spacial score (nSPS) is 24.5. The summed E-state index contributed by atoms with van der Waals surface area (Å²) < 4.78 is 2.80. The van der Waals surface area contributed by atoms with E-state index in [1.165, 1.54) is 44.9 Å². The Kier molecular flexibility index (Phi) is 4.82. The van der Waals surface area contributed by atoms with Gasteiger partial charge in [-0.3, -0.25) is 4.84 Å². The van der Waals surface area contributed by atoms with Gasteiger partial charge in [-0.15, -0.1) is 3.69 Å². The number of rotatable bonds is 2. The first kappa shape index (κ1) is 10.7. The Labute approximate surface area is 88.9 Å². The van der Waals surface area contributed by atoms with Crippen molar-refractivity contribution in [2.75, 3.05) is 0 Å². The van der Waals surface area contributed by atoms with Gasteiger partial charge in [0.05, 0.1) is 5.60 Å². The highest BCUT2D eigenvalue weighted by Gasteiger charge is 2.25. The summed E-state index contributed by atoms with van der Waals surface area (Å²) in [5, 5.41) is 0. The van der Waals surface area contributed by atoms with Crippen molar-refractivity contribution in [3.05, 3.63) is 0 Å². The van der Waals surface area contributed by atoms with Crippen molar-refractivity contribution in [1.29, 1.82) is 0 Å². The minimum atomic E-state index is 0.0849. The van der Waals surface area contributed by atoms with Gasteiger partial charge in [0.1, 0.15) is 0 Å². The summed E-state index contributed by atoms with van der Waals surface area (Å²) in [4.78, 5) is 5.54. The van der Waals surface area contributed by atoms with Crippen molar-refractivity contribution in [2.45, 2.75) is 57.5 Å². The van der Waals surface area contributed by atoms with Crippen LogP contribution in [0.1, 0.15) is 51.9 Å². The zero-order valence-electron chi connectivity index (χ0n) is 7.74. The zero-order chi connectivity index (χ0) is 8.86. The van der Waals surface area contributed by atoms with E-state index in [0.717, 1.165) is 0 Å². The number of hydrogen-bond acceptors (Lipinski definition) is 2. The Bertz CT molecular complexity index is 122. The molecule has 1 N–H and O–H groups in total. The van der Waals surface area contributed by atoms with Gasteiger partial charge in [0.15, 0.2) is 0 Å². The predicted octanol–water partition coefficient (Wildman–Crippen LogP) is 3.36. The molecule has 0 saturated heterocycles. The third-order valence-electron chi connectivity index (χ3n) is 2.70. The molecule has 0 amide bonds. The van der Waals surface area contributed by atoms with Crippen LogP contribution in [0.3, 0.4) is 0 Å². The van der Waals surface area contributed by atoms with Crippen molar-refractivity contribution in [1.82, 2.24) is 3.69 Å². The second-order valence-corrected chi connectivity index (χ2v) is 4.34. The number of hydrogen-bond donors (Lipinski definition) is 1. The van der Waals surface area contributed by atoms with Gasteiger partial charge in [-0.1, -0.05) is 32.1 Å². The molecule has 1 aliphatic rings. The average Bonchev–Trinajstić information content (AvgIpc) is 1.99. The molecule has 0 bridgehead atoms. The van der Waals surface area contributed by atoms with E-state index < -0.39 is 0 Å². The largest absolute Gasteiger partial charge is 0.286 e. The molecule has 0 aromatic rings. The lowest BCUT2D eigenvalue weighted by atomic mass is 9.89. The maximum atomic E-state index is 5.54. The fourth-order valence-electron chi connectivity index (χ4n) is 1.85. The molecule has 1 aliphatic carbocycles. The molecule has 0 radical (unpaired) electrons. The summed E-state index contributed by atoms with van der Waals surface area (Å²) in [6.45, 7) is 2.21. The predicted molar refractivity (Wildman–Crippen MR) is 59.0 cm³/mol. The summed E-state index contributed by atoms with van der Waals surface area (Å²) >= 11 is 2.05. The third kappa shape index (κ3) is 3.58. The van der Waals surface area contributed by atoms with Crippen molar-refractivity contribution < 1.29 is 4.84 Å². The molecule has 0 aliphatic heterocycles. The fraction of sp³-hybridized carbons (Fsp3) is 1.00. The minimum Gasteiger partial charge on any atom is -0.286 e. The van der Waals surface area contributed by atoms with Gasteiger partial charge in [0.2, 0.25) is 0 Å². The Morgan fingerprint density at radius 1 is 1.08 bits per heavy atom. The first-order valence-corrected chi connectivity index (χ1v) is 5.88. The summed E-state index contributed by atoms with van der Waals surface area (Å²) in [5.74, 6) is 0. The highest BCUT2D eigenvalue weighted by atomic mass is 127. The van der Waals surface area contributed by atoms with Crippen LogP contribution in [0.2, 0.25) is 0 Å². The number of halogens is 1. The van der Waals surface area contributed by atoms with Gasteiger partial charge in [0.25, 0.3) is 0 Å². The first-order chi connectivity index (χ1) is 5.77. The molecule has 0 aromatic heterocycles. The van der Waals surface area contributed by atoms with E-state index in [4.69, 9.17) is 4.84 Å². The molecular formula is C9H18INO. The van der Waals surface area contributed by atoms with Crippen LogP contribution < -0.4 is 3.69 Å². The molecule has 12 heavy (non-hydrogen) atoms. The lowest BCUT2D eigenvalue weighted by Crippen LogP contribution is -2.32. The maximum absolute atomic E-state index is 5.54. The van der Waals surface area contributed by atoms with Crippen LogP contribution in [-0.2, 0) is 4.84 Å². The molecule has 0 atom stereocenters. The van der Waals surface area contributed by atoms with Crippen LogP contribution in [0.15, 0.2) is 0 Å². The molecule has 1 saturated carbocycles. The second kappa shape index (κ2) is 5.40. The lowest BCUT2D eigenvalue weighted by Gasteiger charge is -2.29. The van der Waals surface area contributed by atoms with Gasteiger partial charge >= 0.3 is 0 Å². The van der Waals surface area contributed by atoms with E-state index in [1.54, 1.807) is 0 Å². The van der Waals surface area contributed by atoms with Crippen LogP contribution in [0.25, 0.3) is 0 Å². The van der Waals surface area contributed by atoms with E-state index in [0.29, 0.717) is 0 Å². The quantitative estimate of drug-likeness (QED) is 0.476. The molecule has 72 valence electrons. The van der Waals surface area contributed by atoms with Crippen LogP contribution >= 0.6 is 22.9 Å². The van der Waals surface area contributed by atoms with Crippen molar-refractivity contribution in [3.63, 3.8) is 0 Å². The van der Waals surface area contributed by atoms with E-state index in [9.17, 15) is 0 Å². The highest BCUT2D eigenvalue weighted by Crippen LogP contribution is 2.28. The topological polar surface area (TPSA) is 21.3 Å². The Morgan fingerprint density at radius 2 is 1.58 bits per heavy atom. The molecule has 0 heterocycles. The van der Waals surface area contributed by atoms with E-state index in [2.05, 4.69) is 10.6 Å². The average molecular weight is 283 g/mol. The second-order valence-electron chi connectivity index (χ2n) is 3.90. The van der Waals surface area contributed by atoms with Crippen molar-refractivity contribution >= 4 is 22.9 Å². The highest BCUT2D eigenvalue weighted by molar-refractivity contribution is 14.1. The monoisotopic (exact) mass is 283 g/mol. The zero-order valence-corrected chi connectivity index (χ0v) is 9.89. The Balaban J connectivity index is 2.36. The van der Waals surface area contributed by atoms with Crippen LogP contribution in [0.4, 0.5) is 0 Å². The van der Waals surface area contributed by atoms with Gasteiger partial charge in [-0.05, 0) is 19.8 Å². The van der Waals surface area contributed by atoms with Crippen LogP contribution in [0.5, 0.6) is 0 Å². The fourth-order valence-corrected chi connectivity index (χ4v) is 2.38. The summed E-state index contributed by atoms with van der Waals surface area (Å²) in [6, 6.07) is 0. The van der Waals surface area contributed by atoms with Gasteiger partial charge in [0, 0.05) is 22.9 Å². The third-order valence-corrected chi connectivity index (χ3v) is 2.92. The molecular weight excluding hydrogens is 265 g/mol. The van der Waals surface area contributed by atoms with E-state index in [-0.39, 0.29) is 5.60 Å². The maximum Gasteiger partial charge on any atom is 0.0878 e. The molecule has 3 heteroatoms. The van der Waals surface area contributed by atoms with Gasteiger partial charge < -0.3 is 0 Å². The van der Waals surface area contributed by atoms with E-state index >= 15 is 0 Å². The molecule has 1 fully saturated rings. The molecule has 0 aromatic carbocycles. The number of nitrogens with one attached hydrogen (secondary N) is 1. The summed E-state index contributed by atoms with van der Waals surface area (Å²) in [7, 11) is 0. The molecule has 1 rings (SSSR count).